The van der Waals surface area contributed by atoms with Crippen LogP contribution in [0.1, 0.15) is 98.5 Å². The molecular weight excluding hydrogens is 520 g/mol. The second-order valence-electron chi connectivity index (χ2n) is 15.6. The quantitative estimate of drug-likeness (QED) is 0.336. The number of hydrogen-bond acceptors (Lipinski definition) is 4. The number of methoxy groups -OCH3 is 1. The van der Waals surface area contributed by atoms with Gasteiger partial charge in [0.15, 0.2) is 0 Å². The van der Waals surface area contributed by atoms with Gasteiger partial charge in [0.1, 0.15) is 0 Å². The summed E-state index contributed by atoms with van der Waals surface area (Å²) in [5.74, 6) is 11.8. The van der Waals surface area contributed by atoms with Gasteiger partial charge in [0.05, 0.1) is 19.6 Å². The van der Waals surface area contributed by atoms with Crippen molar-refractivity contribution < 1.29 is 19.1 Å². The van der Waals surface area contributed by atoms with E-state index in [0.29, 0.717) is 24.4 Å². The molecule has 15 atom stereocenters. The number of rotatable bonds is 4. The van der Waals surface area contributed by atoms with Crippen molar-refractivity contribution in [2.45, 2.75) is 92.9 Å². The molecule has 4 nitrogen and oxygen atoms in total. The molecule has 1 aromatic rings. The fourth-order valence-electron chi connectivity index (χ4n) is 10.9. The molecule has 234 valence electrons. The summed E-state index contributed by atoms with van der Waals surface area (Å²) in [5, 5.41) is 0. The summed E-state index contributed by atoms with van der Waals surface area (Å²) in [6, 6.07) is 11.2. The van der Waals surface area contributed by atoms with Crippen LogP contribution in [0.25, 0.3) is 0 Å². The SMILES string of the molecule is CC(=O)OCC1C[C@H]2C[C@@H]1C(C)C2C.CC1C(C)[C@H]2C[C@@H]1CC2c1ccccc1.COC(=O)C1C[C@H]2C[C@@H]1C(C)C2C. The Hall–Kier alpha value is -1.84. The molecule has 9 unspecified atom stereocenters. The summed E-state index contributed by atoms with van der Waals surface area (Å²) in [6.07, 6.45) is 7.91. The van der Waals surface area contributed by atoms with Crippen LogP contribution in [0.2, 0.25) is 0 Å². The zero-order valence-electron chi connectivity index (χ0n) is 27.6. The maximum absolute atomic E-state index is 11.4. The van der Waals surface area contributed by atoms with Crippen LogP contribution < -0.4 is 0 Å². The van der Waals surface area contributed by atoms with E-state index < -0.39 is 0 Å². The van der Waals surface area contributed by atoms with E-state index in [0.717, 1.165) is 71.5 Å². The molecule has 0 heterocycles. The molecule has 0 N–H and O–H groups in total. The number of hydrogen-bond donors (Lipinski definition) is 0. The Kier molecular flexibility index (Phi) is 9.80. The normalized spacial score (nSPS) is 45.6. The van der Waals surface area contributed by atoms with Gasteiger partial charge in [-0.3, -0.25) is 9.59 Å². The molecule has 6 aliphatic rings. The Morgan fingerprint density at radius 2 is 1.19 bits per heavy atom. The highest BCUT2D eigenvalue weighted by atomic mass is 16.5. The monoisotopic (exact) mass is 578 g/mol. The summed E-state index contributed by atoms with van der Waals surface area (Å²) in [5.41, 5.74) is 1.59. The van der Waals surface area contributed by atoms with Gasteiger partial charge in [0.25, 0.3) is 0 Å². The highest BCUT2D eigenvalue weighted by Crippen LogP contribution is 2.58. The van der Waals surface area contributed by atoms with Crippen LogP contribution in [0.15, 0.2) is 30.3 Å². The van der Waals surface area contributed by atoms with Crippen molar-refractivity contribution >= 4 is 11.9 Å². The summed E-state index contributed by atoms with van der Waals surface area (Å²) < 4.78 is 9.95. The van der Waals surface area contributed by atoms with Gasteiger partial charge < -0.3 is 9.47 Å². The summed E-state index contributed by atoms with van der Waals surface area (Å²) in [4.78, 5) is 22.2. The van der Waals surface area contributed by atoms with Gasteiger partial charge in [-0.05, 0) is 127 Å². The summed E-state index contributed by atoms with van der Waals surface area (Å²) in [6.45, 7) is 16.4. The van der Waals surface area contributed by atoms with E-state index in [1.807, 2.05) is 0 Å². The predicted octanol–water partition coefficient (Wildman–Crippen LogP) is 8.65. The van der Waals surface area contributed by atoms with Crippen molar-refractivity contribution in [3.8, 4) is 0 Å². The minimum absolute atomic E-state index is 0.0197. The van der Waals surface area contributed by atoms with Gasteiger partial charge in [-0.15, -0.1) is 0 Å². The molecule has 6 fully saturated rings. The molecule has 6 aliphatic carbocycles. The van der Waals surface area contributed by atoms with Crippen molar-refractivity contribution in [2.75, 3.05) is 13.7 Å². The molecule has 7 rings (SSSR count). The Bertz CT molecular complexity index is 1060. The lowest BCUT2D eigenvalue weighted by molar-refractivity contribution is -0.148. The van der Waals surface area contributed by atoms with Crippen LogP contribution in [-0.4, -0.2) is 25.7 Å². The Morgan fingerprint density at radius 3 is 1.67 bits per heavy atom. The molecule has 0 aromatic heterocycles. The van der Waals surface area contributed by atoms with Crippen LogP contribution in [0.3, 0.4) is 0 Å². The van der Waals surface area contributed by atoms with Crippen LogP contribution in [0, 0.1) is 82.9 Å². The Morgan fingerprint density at radius 1 is 0.667 bits per heavy atom. The maximum Gasteiger partial charge on any atom is 0.308 e. The van der Waals surface area contributed by atoms with Crippen LogP contribution in [0.5, 0.6) is 0 Å². The van der Waals surface area contributed by atoms with Gasteiger partial charge in [-0.2, -0.15) is 0 Å². The molecule has 6 saturated carbocycles. The fourth-order valence-corrected chi connectivity index (χ4v) is 10.9. The van der Waals surface area contributed by atoms with E-state index in [1.165, 1.54) is 46.1 Å². The van der Waals surface area contributed by atoms with Crippen LogP contribution >= 0.6 is 0 Å². The third-order valence-electron chi connectivity index (χ3n) is 14.1. The summed E-state index contributed by atoms with van der Waals surface area (Å²) in [7, 11) is 1.50. The molecule has 42 heavy (non-hydrogen) atoms. The van der Waals surface area contributed by atoms with Crippen molar-refractivity contribution in [2.24, 2.45) is 82.9 Å². The van der Waals surface area contributed by atoms with E-state index in [-0.39, 0.29) is 17.9 Å². The maximum atomic E-state index is 11.4. The van der Waals surface area contributed by atoms with Crippen molar-refractivity contribution in [3.05, 3.63) is 35.9 Å². The third-order valence-corrected chi connectivity index (χ3v) is 14.1. The zero-order valence-corrected chi connectivity index (χ0v) is 27.6. The molecule has 4 heteroatoms. The average Bonchev–Trinajstić information content (AvgIpc) is 3.83. The first kappa shape index (κ1) is 31.6. The molecule has 0 aliphatic heterocycles. The van der Waals surface area contributed by atoms with Crippen LogP contribution in [0.4, 0.5) is 0 Å². The van der Waals surface area contributed by atoms with Gasteiger partial charge in [-0.25, -0.2) is 0 Å². The number of carbonyl (C=O) groups excluding carboxylic acids is 2. The van der Waals surface area contributed by atoms with Gasteiger partial charge >= 0.3 is 11.9 Å². The van der Waals surface area contributed by atoms with Gasteiger partial charge in [-0.1, -0.05) is 71.9 Å². The second-order valence-corrected chi connectivity index (χ2v) is 15.6. The van der Waals surface area contributed by atoms with Gasteiger partial charge in [0.2, 0.25) is 0 Å². The highest BCUT2D eigenvalue weighted by Gasteiger charge is 2.52. The predicted molar refractivity (Wildman–Crippen MR) is 168 cm³/mol. The fraction of sp³-hybridized carbons (Fsp3) is 0.789. The molecular formula is C38H58O4. The lowest BCUT2D eigenvalue weighted by Crippen LogP contribution is -2.30. The van der Waals surface area contributed by atoms with Crippen molar-refractivity contribution in [3.63, 3.8) is 0 Å². The Balaban J connectivity index is 0.000000126. The number of fused-ring (bicyclic) bond motifs is 6. The molecule has 0 saturated heterocycles. The van der Waals surface area contributed by atoms with Gasteiger partial charge in [0, 0.05) is 6.92 Å². The first-order chi connectivity index (χ1) is 20.0. The van der Waals surface area contributed by atoms with E-state index in [9.17, 15) is 9.59 Å². The number of esters is 2. The largest absolute Gasteiger partial charge is 0.469 e. The van der Waals surface area contributed by atoms with E-state index >= 15 is 0 Å². The molecule has 0 spiro atoms. The van der Waals surface area contributed by atoms with Crippen molar-refractivity contribution in [1.29, 1.82) is 0 Å². The smallest absolute Gasteiger partial charge is 0.308 e. The summed E-state index contributed by atoms with van der Waals surface area (Å²) >= 11 is 0. The lowest BCUT2D eigenvalue weighted by Gasteiger charge is -2.32. The number of benzene rings is 1. The minimum Gasteiger partial charge on any atom is -0.469 e. The standard InChI is InChI=1S/C15H20.C12H20O2.C11H18O2/c1-10-11(2)14-8-13(10)9-15(14)12-6-4-3-5-7-12;1-7-8(2)12-5-10(7)4-11(12)6-14-9(3)13;1-6-7(2)9-4-8(6)5-10(9)11(12)13-3/h3-7,10-11,13-15H,8-9H2,1-2H3;7-8,10-12H,4-6H2,1-3H3;6-10H,4-5H2,1-3H3/t10?,11?,13-,14-,15?;7?,8?,10-,11?,12+;6?,7?,8-,9-,10?/m101/s1. The minimum atomic E-state index is -0.131. The zero-order chi connectivity index (χ0) is 30.3. The molecule has 6 bridgehead atoms. The molecule has 0 radical (unpaired) electrons. The molecule has 1 aromatic carbocycles. The highest BCUT2D eigenvalue weighted by molar-refractivity contribution is 5.73. The number of carbonyl (C=O) groups is 2. The van der Waals surface area contributed by atoms with E-state index in [1.54, 1.807) is 5.56 Å². The molecule has 0 amide bonds. The first-order valence-corrected chi connectivity index (χ1v) is 17.3. The van der Waals surface area contributed by atoms with E-state index in [4.69, 9.17) is 9.47 Å². The van der Waals surface area contributed by atoms with E-state index in [2.05, 4.69) is 71.9 Å². The average molecular weight is 579 g/mol. The van der Waals surface area contributed by atoms with Crippen LogP contribution in [-0.2, 0) is 19.1 Å². The topological polar surface area (TPSA) is 52.6 Å². The number of ether oxygens (including phenoxy) is 2. The van der Waals surface area contributed by atoms with Crippen molar-refractivity contribution in [1.82, 2.24) is 0 Å². The first-order valence-electron chi connectivity index (χ1n) is 17.3. The lowest BCUT2D eigenvalue weighted by atomic mass is 9.73. The third kappa shape index (κ3) is 6.07. The Labute approximate surface area is 256 Å². The second kappa shape index (κ2) is 13.0.